The number of hydrogen-bond acceptors (Lipinski definition) is 1. The molecule has 0 heterocycles. The first kappa shape index (κ1) is 8.71. The molecule has 1 N–H and O–H groups in total. The topological polar surface area (TPSA) is 20.2 Å². The van der Waals surface area contributed by atoms with Crippen LogP contribution in [0, 0.1) is 6.92 Å². The Labute approximate surface area is 72.0 Å². The first-order valence-electron chi connectivity index (χ1n) is 3.50. The van der Waals surface area contributed by atoms with Crippen molar-refractivity contribution in [3.63, 3.8) is 0 Å². The molecule has 3 heteroatoms. The van der Waals surface area contributed by atoms with Crippen molar-refractivity contribution >= 4 is 18.3 Å². The maximum absolute atomic E-state index is 9.09. The highest BCUT2D eigenvalue weighted by molar-refractivity contribution is 6.98. The maximum Gasteiger partial charge on any atom is 0.186 e. The van der Waals surface area contributed by atoms with Crippen LogP contribution in [0.3, 0.4) is 0 Å². The van der Waals surface area contributed by atoms with E-state index in [9.17, 15) is 0 Å². The molecule has 0 amide bonds. The van der Waals surface area contributed by atoms with Gasteiger partial charge in [-0.3, -0.25) is 0 Å². The normalized spacial score (nSPS) is 10.5. The fourth-order valence-electron chi connectivity index (χ4n) is 0.899. The van der Waals surface area contributed by atoms with Crippen molar-refractivity contribution in [2.45, 2.75) is 13.0 Å². The molecule has 0 saturated carbocycles. The largest absolute Gasteiger partial charge is 0.435 e. The molecule has 0 saturated heterocycles. The summed E-state index contributed by atoms with van der Waals surface area (Å²) < 4.78 is 0. The van der Waals surface area contributed by atoms with E-state index in [0.717, 1.165) is 6.04 Å². The fraction of sp³-hybridized carbons (Fsp3) is 0.250. The van der Waals surface area contributed by atoms with E-state index in [0.29, 0.717) is 0 Å². The van der Waals surface area contributed by atoms with Crippen LogP contribution in [0.1, 0.15) is 11.1 Å². The lowest BCUT2D eigenvalue weighted by Crippen LogP contribution is -2.16. The molecule has 0 aliphatic rings. The summed E-state index contributed by atoms with van der Waals surface area (Å²) in [5.74, 6) is 0. The molecule has 1 aromatic carbocycles. The summed E-state index contributed by atoms with van der Waals surface area (Å²) in [5, 5.41) is 0. The van der Waals surface area contributed by atoms with E-state index < -0.39 is 8.56 Å². The SMILES string of the molecule is Cc1ccc(C[Si](O)[Si])cc1. The lowest BCUT2D eigenvalue weighted by atomic mass is 10.2. The van der Waals surface area contributed by atoms with Gasteiger partial charge in [-0.1, -0.05) is 29.8 Å². The zero-order valence-electron chi connectivity index (χ0n) is 6.46. The molecule has 0 fully saturated rings. The highest BCUT2D eigenvalue weighted by atomic mass is 29.2. The van der Waals surface area contributed by atoms with Gasteiger partial charge in [-0.15, -0.1) is 0 Å². The Morgan fingerprint density at radius 3 is 2.36 bits per heavy atom. The molecule has 4 radical (unpaired) electrons. The lowest BCUT2D eigenvalue weighted by Gasteiger charge is -2.01. The van der Waals surface area contributed by atoms with Crippen molar-refractivity contribution in [2.24, 2.45) is 0 Å². The highest BCUT2D eigenvalue weighted by Gasteiger charge is 2.00. The van der Waals surface area contributed by atoms with Crippen molar-refractivity contribution in [1.29, 1.82) is 0 Å². The van der Waals surface area contributed by atoms with Crippen LogP contribution in [-0.2, 0) is 6.04 Å². The van der Waals surface area contributed by atoms with Gasteiger partial charge >= 0.3 is 0 Å². The van der Waals surface area contributed by atoms with E-state index in [4.69, 9.17) is 4.80 Å². The molecule has 0 unspecified atom stereocenters. The van der Waals surface area contributed by atoms with Crippen molar-refractivity contribution in [3.05, 3.63) is 35.4 Å². The number of benzene rings is 1. The molecule has 0 atom stereocenters. The van der Waals surface area contributed by atoms with Gasteiger partial charge in [0.15, 0.2) is 8.56 Å². The average Bonchev–Trinajstić information content (AvgIpc) is 1.93. The van der Waals surface area contributed by atoms with Gasteiger partial charge in [0.25, 0.3) is 0 Å². The minimum absolute atomic E-state index is 0.766. The molecular weight excluding hydrogens is 168 g/mol. The number of rotatable bonds is 2. The minimum Gasteiger partial charge on any atom is -0.435 e. The fourth-order valence-corrected chi connectivity index (χ4v) is 2.13. The van der Waals surface area contributed by atoms with E-state index in [2.05, 4.69) is 40.9 Å². The van der Waals surface area contributed by atoms with E-state index in [1.807, 2.05) is 0 Å². The second-order valence-electron chi connectivity index (χ2n) is 2.61. The quantitative estimate of drug-likeness (QED) is 0.662. The molecule has 0 aliphatic heterocycles. The lowest BCUT2D eigenvalue weighted by molar-refractivity contribution is 0.591. The third-order valence-corrected chi connectivity index (χ3v) is 2.77. The summed E-state index contributed by atoms with van der Waals surface area (Å²) in [6, 6.07) is 8.99. The van der Waals surface area contributed by atoms with Crippen LogP contribution in [0.4, 0.5) is 0 Å². The first-order chi connectivity index (χ1) is 5.18. The van der Waals surface area contributed by atoms with Gasteiger partial charge in [0, 0.05) is 9.76 Å². The van der Waals surface area contributed by atoms with Gasteiger partial charge in [-0.25, -0.2) is 0 Å². The molecular formula is C8H10OSi2. The predicted molar refractivity (Wildman–Crippen MR) is 48.6 cm³/mol. The Kier molecular flexibility index (Phi) is 3.05. The summed E-state index contributed by atoms with van der Waals surface area (Å²) in [4.78, 5) is 9.09. The first-order valence-corrected chi connectivity index (χ1v) is 6.66. The van der Waals surface area contributed by atoms with Crippen LogP contribution >= 0.6 is 0 Å². The van der Waals surface area contributed by atoms with Gasteiger partial charge in [0.05, 0.1) is 0 Å². The maximum atomic E-state index is 9.09. The summed E-state index contributed by atoms with van der Waals surface area (Å²) in [6.45, 7) is 2.06. The van der Waals surface area contributed by atoms with Gasteiger partial charge in [0.1, 0.15) is 0 Å². The zero-order valence-corrected chi connectivity index (χ0v) is 8.46. The molecule has 0 spiro atoms. The van der Waals surface area contributed by atoms with Gasteiger partial charge < -0.3 is 4.80 Å². The third-order valence-electron chi connectivity index (χ3n) is 1.49. The van der Waals surface area contributed by atoms with E-state index in [1.165, 1.54) is 11.1 Å². The molecule has 0 bridgehead atoms. The van der Waals surface area contributed by atoms with Crippen molar-refractivity contribution in [3.8, 4) is 0 Å². The smallest absolute Gasteiger partial charge is 0.186 e. The molecule has 56 valence electrons. The summed E-state index contributed by atoms with van der Waals surface area (Å²) >= 11 is 0. The van der Waals surface area contributed by atoms with Crippen molar-refractivity contribution in [2.75, 3.05) is 0 Å². The van der Waals surface area contributed by atoms with Crippen LogP contribution in [0.15, 0.2) is 24.3 Å². The van der Waals surface area contributed by atoms with Crippen LogP contribution < -0.4 is 0 Å². The van der Waals surface area contributed by atoms with Crippen LogP contribution in [0.25, 0.3) is 0 Å². The standard InChI is InChI=1S/C8H10OSi2/c1-7-2-4-8(5-3-7)6-11(9)10/h2-5,9H,6H2,1H3. The van der Waals surface area contributed by atoms with E-state index in [1.54, 1.807) is 0 Å². The minimum atomic E-state index is -1.29. The van der Waals surface area contributed by atoms with Crippen molar-refractivity contribution < 1.29 is 4.80 Å². The second kappa shape index (κ2) is 3.85. The van der Waals surface area contributed by atoms with Crippen LogP contribution in [0.2, 0.25) is 0 Å². The Hall–Kier alpha value is -0.386. The second-order valence-corrected chi connectivity index (χ2v) is 5.59. The van der Waals surface area contributed by atoms with E-state index in [-0.39, 0.29) is 0 Å². The molecule has 1 rings (SSSR count). The molecule has 1 aromatic rings. The Morgan fingerprint density at radius 1 is 1.36 bits per heavy atom. The third kappa shape index (κ3) is 3.01. The Morgan fingerprint density at radius 2 is 1.91 bits per heavy atom. The zero-order chi connectivity index (χ0) is 8.27. The van der Waals surface area contributed by atoms with Gasteiger partial charge in [0.2, 0.25) is 0 Å². The molecule has 1 nitrogen and oxygen atoms in total. The number of aryl methyl sites for hydroxylation is 1. The molecule has 0 aliphatic carbocycles. The summed E-state index contributed by atoms with van der Waals surface area (Å²) in [6.07, 6.45) is 0. The molecule has 0 aromatic heterocycles. The van der Waals surface area contributed by atoms with Crippen molar-refractivity contribution in [1.82, 2.24) is 0 Å². The van der Waals surface area contributed by atoms with Crippen LogP contribution in [0.5, 0.6) is 0 Å². The monoisotopic (exact) mass is 178 g/mol. The summed E-state index contributed by atoms with van der Waals surface area (Å²) in [5.41, 5.74) is 2.46. The van der Waals surface area contributed by atoms with Gasteiger partial charge in [-0.2, -0.15) is 0 Å². The highest BCUT2D eigenvalue weighted by Crippen LogP contribution is 2.03. The molecule has 11 heavy (non-hydrogen) atoms. The Balaban J connectivity index is 2.66. The number of hydrogen-bond donors (Lipinski definition) is 1. The average molecular weight is 178 g/mol. The van der Waals surface area contributed by atoms with E-state index >= 15 is 0 Å². The van der Waals surface area contributed by atoms with Crippen LogP contribution in [-0.4, -0.2) is 23.1 Å². The predicted octanol–water partition coefficient (Wildman–Crippen LogP) is 0.726. The van der Waals surface area contributed by atoms with Gasteiger partial charge in [-0.05, 0) is 18.5 Å². The summed E-state index contributed by atoms with van der Waals surface area (Å²) in [7, 11) is 1.94. The Bertz CT molecular complexity index is 218.